The molecule has 0 bridgehead atoms. The molecule has 0 aliphatic heterocycles. The van der Waals surface area contributed by atoms with Crippen molar-refractivity contribution in [1.82, 2.24) is 9.88 Å². The van der Waals surface area contributed by atoms with Crippen molar-refractivity contribution in [3.8, 4) is 0 Å². The lowest BCUT2D eigenvalue weighted by atomic mass is 9.87. The van der Waals surface area contributed by atoms with Gasteiger partial charge in [-0.1, -0.05) is 32.9 Å². The summed E-state index contributed by atoms with van der Waals surface area (Å²) in [6.45, 7) is 12.6. The Morgan fingerprint density at radius 1 is 1.21 bits per heavy atom. The fourth-order valence-electron chi connectivity index (χ4n) is 2.77. The number of hydrogen-bond acceptors (Lipinski definition) is 2. The highest BCUT2D eigenvalue weighted by atomic mass is 16.3. The lowest BCUT2D eigenvalue weighted by molar-refractivity contribution is -0.659. The quantitative estimate of drug-likeness (QED) is 0.844. The molecule has 0 aliphatic rings. The van der Waals surface area contributed by atoms with Gasteiger partial charge in [-0.3, -0.25) is 4.79 Å². The van der Waals surface area contributed by atoms with Crippen LogP contribution in [0.1, 0.15) is 41.5 Å². The molecule has 0 spiro atoms. The third-order valence-electron chi connectivity index (χ3n) is 4.31. The monoisotopic (exact) mass is 332 g/mol. The fraction of sp³-hybridized carbons (Fsp3) is 0.579. The second-order valence-electron chi connectivity index (χ2n) is 8.44. The Kier molecular flexibility index (Phi) is 5.04. The number of benzene rings is 1. The lowest BCUT2D eigenvalue weighted by Crippen LogP contribution is -2.51. The van der Waals surface area contributed by atoms with Crippen LogP contribution in [0.25, 0.3) is 11.0 Å². The summed E-state index contributed by atoms with van der Waals surface area (Å²) in [7, 11) is 0. The van der Waals surface area contributed by atoms with Crippen molar-refractivity contribution in [2.45, 2.75) is 59.7 Å². The van der Waals surface area contributed by atoms with Crippen molar-refractivity contribution in [3.63, 3.8) is 0 Å². The lowest BCUT2D eigenvalue weighted by Gasteiger charge is -2.29. The minimum absolute atomic E-state index is 0.0658. The van der Waals surface area contributed by atoms with E-state index in [-0.39, 0.29) is 36.1 Å². The molecule has 0 saturated carbocycles. The average molecular weight is 332 g/mol. The van der Waals surface area contributed by atoms with E-state index in [1.807, 2.05) is 49.9 Å². The molecule has 1 aromatic carbocycles. The molecule has 24 heavy (non-hydrogen) atoms. The number of imidazole rings is 1. The number of rotatable bonds is 4. The second-order valence-corrected chi connectivity index (χ2v) is 8.44. The number of nitrogens with zero attached hydrogens (tertiary/aromatic N) is 2. The van der Waals surface area contributed by atoms with Crippen molar-refractivity contribution < 1.29 is 14.5 Å². The second kappa shape index (κ2) is 6.55. The predicted molar refractivity (Wildman–Crippen MR) is 95.6 cm³/mol. The molecule has 1 heterocycles. The first-order valence-corrected chi connectivity index (χ1v) is 8.44. The number of hydrogen-bond donors (Lipinski definition) is 2. The molecule has 0 fully saturated rings. The van der Waals surface area contributed by atoms with Crippen molar-refractivity contribution >= 4 is 16.9 Å². The van der Waals surface area contributed by atoms with Gasteiger partial charge in [0, 0.05) is 0 Å². The van der Waals surface area contributed by atoms with Gasteiger partial charge in [-0.15, -0.1) is 0 Å². The molecule has 5 heteroatoms. The molecule has 2 aromatic rings. The van der Waals surface area contributed by atoms with Gasteiger partial charge in [-0.05, 0) is 38.3 Å². The third kappa shape index (κ3) is 3.96. The summed E-state index contributed by atoms with van der Waals surface area (Å²) in [5.74, 6) is -0.0919. The van der Waals surface area contributed by atoms with E-state index >= 15 is 0 Å². The summed E-state index contributed by atoms with van der Waals surface area (Å²) >= 11 is 0. The maximum Gasteiger partial charge on any atom is 0.262 e. The molecule has 5 nitrogen and oxygen atoms in total. The van der Waals surface area contributed by atoms with Gasteiger partial charge in [-0.25, -0.2) is 9.13 Å². The highest BCUT2D eigenvalue weighted by Gasteiger charge is 2.28. The van der Waals surface area contributed by atoms with E-state index < -0.39 is 0 Å². The van der Waals surface area contributed by atoms with Crippen LogP contribution < -0.4 is 9.88 Å². The number of amides is 1. The van der Waals surface area contributed by atoms with E-state index in [1.165, 1.54) is 0 Å². The first-order chi connectivity index (χ1) is 11.0. The van der Waals surface area contributed by atoms with Crippen LogP contribution >= 0.6 is 0 Å². The summed E-state index contributed by atoms with van der Waals surface area (Å²) in [6, 6.07) is 7.83. The number of para-hydroxylation sites is 2. The average Bonchev–Trinajstić information content (AvgIpc) is 2.82. The number of aromatic nitrogens is 2. The maximum atomic E-state index is 12.5. The van der Waals surface area contributed by atoms with Crippen molar-refractivity contribution in [3.05, 3.63) is 30.6 Å². The molecule has 132 valence electrons. The topological polar surface area (TPSA) is 58.1 Å². The van der Waals surface area contributed by atoms with Crippen LogP contribution in [0.4, 0.5) is 0 Å². The van der Waals surface area contributed by atoms with Gasteiger partial charge in [0.1, 0.15) is 5.54 Å². The maximum absolute atomic E-state index is 12.5. The smallest absolute Gasteiger partial charge is 0.262 e. The van der Waals surface area contributed by atoms with E-state index in [2.05, 4.69) is 36.7 Å². The number of carbonyl (C=O) groups excluding carboxylic acids is 1. The Morgan fingerprint density at radius 2 is 1.83 bits per heavy atom. The van der Waals surface area contributed by atoms with Crippen molar-refractivity contribution in [2.24, 2.45) is 5.41 Å². The molecule has 0 aliphatic carbocycles. The molecule has 0 radical (unpaired) electrons. The van der Waals surface area contributed by atoms with E-state index in [1.54, 1.807) is 0 Å². The molecule has 0 unspecified atom stereocenters. The molecular formula is C19H30N3O2+. The predicted octanol–water partition coefficient (Wildman–Crippen LogP) is 2.21. The Bertz CT molecular complexity index is 720. The van der Waals surface area contributed by atoms with Gasteiger partial charge in [0.25, 0.3) is 5.91 Å². The van der Waals surface area contributed by atoms with Crippen LogP contribution in [0.15, 0.2) is 30.6 Å². The molecule has 0 saturated heterocycles. The zero-order chi connectivity index (χ0) is 18.1. The molecule has 1 aromatic heterocycles. The van der Waals surface area contributed by atoms with Gasteiger partial charge >= 0.3 is 0 Å². The first kappa shape index (κ1) is 18.5. The van der Waals surface area contributed by atoms with E-state index in [0.29, 0.717) is 0 Å². The SMILES string of the molecule is CC(C)(C)[C@@H](CO)NC(=O)C[n+]1cn(C(C)(C)C)c2ccccc21. The standard InChI is InChI=1S/C19H29N3O2/c1-18(2,3)16(12-23)20-17(24)11-21-13-22(19(4,5)6)15-10-8-7-9-14(15)21/h7-10,13,16,23H,11-12H2,1-6H3/p+1/t16-/m1/s1. The number of fused-ring (bicyclic) bond motifs is 1. The number of carbonyl (C=O) groups is 1. The summed E-state index contributed by atoms with van der Waals surface area (Å²) in [5.41, 5.74) is 1.88. The normalized spacial score (nSPS) is 14.0. The molecule has 2 rings (SSSR count). The molecular weight excluding hydrogens is 302 g/mol. The minimum atomic E-state index is -0.262. The minimum Gasteiger partial charge on any atom is -0.394 e. The van der Waals surface area contributed by atoms with Crippen LogP contribution in [-0.2, 0) is 16.9 Å². The van der Waals surface area contributed by atoms with Crippen LogP contribution in [0, 0.1) is 5.41 Å². The van der Waals surface area contributed by atoms with E-state index in [4.69, 9.17) is 0 Å². The Hall–Kier alpha value is -1.88. The van der Waals surface area contributed by atoms with Crippen LogP contribution in [0.3, 0.4) is 0 Å². The molecule has 1 atom stereocenters. The number of nitrogens with one attached hydrogen (secondary N) is 1. The summed E-state index contributed by atoms with van der Waals surface area (Å²) in [6.07, 6.45) is 2.00. The fourth-order valence-corrected chi connectivity index (χ4v) is 2.77. The van der Waals surface area contributed by atoms with Gasteiger partial charge < -0.3 is 10.4 Å². The Morgan fingerprint density at radius 3 is 2.38 bits per heavy atom. The summed E-state index contributed by atoms with van der Waals surface area (Å²) in [4.78, 5) is 12.5. The number of aliphatic hydroxyl groups excluding tert-OH is 1. The zero-order valence-corrected chi connectivity index (χ0v) is 15.6. The Labute approximate surface area is 144 Å². The summed E-state index contributed by atoms with van der Waals surface area (Å²) in [5, 5.41) is 12.5. The van der Waals surface area contributed by atoms with Crippen LogP contribution in [0.5, 0.6) is 0 Å². The molecule has 2 N–H and O–H groups in total. The van der Waals surface area contributed by atoms with Gasteiger partial charge in [0.15, 0.2) is 17.6 Å². The zero-order valence-electron chi connectivity index (χ0n) is 15.6. The van der Waals surface area contributed by atoms with Gasteiger partial charge in [0.2, 0.25) is 6.33 Å². The highest BCUT2D eigenvalue weighted by Crippen LogP contribution is 2.21. The van der Waals surface area contributed by atoms with Crippen molar-refractivity contribution in [2.75, 3.05) is 6.61 Å². The summed E-state index contributed by atoms with van der Waals surface area (Å²) < 4.78 is 4.15. The first-order valence-electron chi connectivity index (χ1n) is 8.44. The largest absolute Gasteiger partial charge is 0.394 e. The van der Waals surface area contributed by atoms with E-state index in [0.717, 1.165) is 11.0 Å². The number of aliphatic hydroxyl groups is 1. The Balaban J connectivity index is 2.29. The van der Waals surface area contributed by atoms with Gasteiger partial charge in [-0.2, -0.15) is 0 Å². The van der Waals surface area contributed by atoms with Crippen LogP contribution in [0.2, 0.25) is 0 Å². The molecule has 1 amide bonds. The van der Waals surface area contributed by atoms with E-state index in [9.17, 15) is 9.90 Å². The van der Waals surface area contributed by atoms with Crippen molar-refractivity contribution in [1.29, 1.82) is 0 Å². The third-order valence-corrected chi connectivity index (χ3v) is 4.31. The van der Waals surface area contributed by atoms with Gasteiger partial charge in [0.05, 0.1) is 12.6 Å². The highest BCUT2D eigenvalue weighted by molar-refractivity contribution is 5.76. The van der Waals surface area contributed by atoms with Crippen LogP contribution in [-0.4, -0.2) is 28.2 Å².